The molecule has 2 saturated heterocycles. The van der Waals surface area contributed by atoms with Crippen LogP contribution in [0.15, 0.2) is 58.7 Å². The highest BCUT2D eigenvalue weighted by Crippen LogP contribution is 2.34. The van der Waals surface area contributed by atoms with Gasteiger partial charge in [0.2, 0.25) is 0 Å². The highest BCUT2D eigenvalue weighted by Gasteiger charge is 2.49. The fourth-order valence-electron chi connectivity index (χ4n) is 6.57. The molecule has 0 spiro atoms. The Balaban J connectivity index is 1.98. The van der Waals surface area contributed by atoms with Gasteiger partial charge in [-0.2, -0.15) is 0 Å². The van der Waals surface area contributed by atoms with E-state index in [2.05, 4.69) is 0 Å². The van der Waals surface area contributed by atoms with Gasteiger partial charge in [0.1, 0.15) is 30.5 Å². The lowest BCUT2D eigenvalue weighted by molar-refractivity contribution is -0.331. The van der Waals surface area contributed by atoms with E-state index < -0.39 is 79.1 Å². The van der Waals surface area contributed by atoms with Crippen LogP contribution >= 0.6 is 0 Å². The maximum absolute atomic E-state index is 13.5. The van der Waals surface area contributed by atoms with E-state index in [-0.39, 0.29) is 37.0 Å². The van der Waals surface area contributed by atoms with Crippen molar-refractivity contribution < 1.29 is 63.9 Å². The Morgan fingerprint density at radius 2 is 1.71 bits per heavy atom. The number of rotatable bonds is 8. The molecule has 0 aromatic heterocycles. The molecule has 0 radical (unpaired) electrons. The third-order valence-electron chi connectivity index (χ3n) is 9.92. The third-order valence-corrected chi connectivity index (χ3v) is 9.92. The SMILES string of the molecule is CC[C@H]1/C=C(\C)[C@@H](O)C/C=C/C=C(\CO[C@H]2O[C@@H](C)C[C@@H](O)[C@H]2OC)C(=O)OC([C@@H](C)O)C/C=C(C)/C=C(\C)C1O[C@@H]1OC(C)(C)C(O)[C@H](O)[C@@H]1O. The lowest BCUT2D eigenvalue weighted by Gasteiger charge is -2.46. The number of aliphatic hydroxyl groups is 6. The van der Waals surface area contributed by atoms with Gasteiger partial charge in [0.05, 0.1) is 48.3 Å². The van der Waals surface area contributed by atoms with Gasteiger partial charge in [-0.15, -0.1) is 0 Å². The van der Waals surface area contributed by atoms with Crippen molar-refractivity contribution in [3.05, 3.63) is 58.7 Å². The van der Waals surface area contributed by atoms with Gasteiger partial charge in [0, 0.05) is 25.9 Å². The van der Waals surface area contributed by atoms with Crippen molar-refractivity contribution in [1.29, 1.82) is 0 Å². The molecule has 0 amide bonds. The Hall–Kier alpha value is -2.27. The molecule has 13 heteroatoms. The molecule has 296 valence electrons. The maximum Gasteiger partial charge on any atom is 0.336 e. The van der Waals surface area contributed by atoms with E-state index in [1.165, 1.54) is 20.1 Å². The second-order valence-corrected chi connectivity index (χ2v) is 14.8. The quantitative estimate of drug-likeness (QED) is 0.157. The zero-order valence-electron chi connectivity index (χ0n) is 32.0. The molecule has 0 aliphatic carbocycles. The number of cyclic esters (lactones) is 1. The normalized spacial score (nSPS) is 42.4. The van der Waals surface area contributed by atoms with Gasteiger partial charge in [-0.25, -0.2) is 4.79 Å². The Morgan fingerprint density at radius 1 is 1.02 bits per heavy atom. The van der Waals surface area contributed by atoms with Crippen LogP contribution in [0.5, 0.6) is 0 Å². The number of hydrogen-bond acceptors (Lipinski definition) is 13. The second-order valence-electron chi connectivity index (χ2n) is 14.8. The number of esters is 1. The molecule has 52 heavy (non-hydrogen) atoms. The highest BCUT2D eigenvalue weighted by atomic mass is 16.7. The molecule has 13 atom stereocenters. The summed E-state index contributed by atoms with van der Waals surface area (Å²) < 4.78 is 35.4. The number of aliphatic hydroxyl groups excluding tert-OH is 6. The minimum atomic E-state index is -1.52. The fraction of sp³-hybridized carbons (Fsp3) is 0.718. The molecule has 3 aliphatic heterocycles. The standard InChI is InChI=1S/C39H62O13/c1-10-26-18-22(3)28(41)14-12-11-13-27(20-48-38-34(47-9)29(42)19-24(5)49-38)36(46)50-30(25(6)40)16-15-21(2)17-23(4)33(26)51-37-32(44)31(43)35(45)39(7,8)52-37/h11-13,15,17-18,24-26,28-35,37-38,40-45H,10,14,16,19-20H2,1-9H3/b12-11+,21-15+,22-18+,23-17+,27-13+/t24-,25+,26-,28-,29+,30?,31+,32-,33?,34+,35?,37+,38-/m0/s1. The van der Waals surface area contributed by atoms with Crippen molar-refractivity contribution in [2.45, 2.75) is 160 Å². The molecule has 6 N–H and O–H groups in total. The number of ether oxygens (including phenoxy) is 6. The summed E-state index contributed by atoms with van der Waals surface area (Å²) in [6.45, 7) is 13.8. The fourth-order valence-corrected chi connectivity index (χ4v) is 6.57. The van der Waals surface area contributed by atoms with E-state index >= 15 is 0 Å². The van der Waals surface area contributed by atoms with E-state index in [0.717, 1.165) is 11.1 Å². The summed E-state index contributed by atoms with van der Waals surface area (Å²) in [5.74, 6) is -1.01. The molecule has 0 bridgehead atoms. The minimum Gasteiger partial charge on any atom is -0.456 e. The van der Waals surface area contributed by atoms with Crippen molar-refractivity contribution in [1.82, 2.24) is 0 Å². The van der Waals surface area contributed by atoms with Gasteiger partial charge in [0.15, 0.2) is 12.6 Å². The molecule has 3 unspecified atom stereocenters. The first-order chi connectivity index (χ1) is 24.4. The number of carbonyl (C=O) groups excluding carboxylic acids is 1. The largest absolute Gasteiger partial charge is 0.456 e. The zero-order valence-corrected chi connectivity index (χ0v) is 32.0. The maximum atomic E-state index is 13.5. The predicted octanol–water partition coefficient (Wildman–Crippen LogP) is 2.91. The van der Waals surface area contributed by atoms with Crippen molar-refractivity contribution in [2.75, 3.05) is 13.7 Å². The van der Waals surface area contributed by atoms with Gasteiger partial charge in [-0.1, -0.05) is 42.9 Å². The summed E-state index contributed by atoms with van der Waals surface area (Å²) in [6.07, 6.45) is -0.0525. The summed E-state index contributed by atoms with van der Waals surface area (Å²) in [5.41, 5.74) is 1.13. The smallest absolute Gasteiger partial charge is 0.336 e. The summed E-state index contributed by atoms with van der Waals surface area (Å²) in [4.78, 5) is 13.5. The number of methoxy groups -OCH3 is 1. The van der Waals surface area contributed by atoms with Crippen LogP contribution in [0, 0.1) is 5.92 Å². The highest BCUT2D eigenvalue weighted by molar-refractivity contribution is 5.89. The summed E-state index contributed by atoms with van der Waals surface area (Å²) >= 11 is 0. The van der Waals surface area contributed by atoms with E-state index in [9.17, 15) is 35.4 Å². The summed E-state index contributed by atoms with van der Waals surface area (Å²) in [6, 6.07) is 0. The topological polar surface area (TPSA) is 194 Å². The Morgan fingerprint density at radius 3 is 2.35 bits per heavy atom. The molecule has 3 aliphatic rings. The van der Waals surface area contributed by atoms with E-state index in [1.54, 1.807) is 26.0 Å². The van der Waals surface area contributed by atoms with E-state index in [1.807, 2.05) is 52.8 Å². The average Bonchev–Trinajstić information content (AvgIpc) is 3.07. The molecule has 0 aromatic carbocycles. The Labute approximate surface area is 308 Å². The Bertz CT molecular complexity index is 1320. The first-order valence-corrected chi connectivity index (χ1v) is 18.2. The van der Waals surface area contributed by atoms with Crippen molar-refractivity contribution in [3.63, 3.8) is 0 Å². The zero-order chi connectivity index (χ0) is 38.9. The van der Waals surface area contributed by atoms with Crippen LogP contribution in [0.3, 0.4) is 0 Å². The van der Waals surface area contributed by atoms with Crippen LogP contribution < -0.4 is 0 Å². The van der Waals surface area contributed by atoms with Gasteiger partial charge in [0.25, 0.3) is 0 Å². The van der Waals surface area contributed by atoms with Crippen molar-refractivity contribution in [3.8, 4) is 0 Å². The average molecular weight is 739 g/mol. The van der Waals surface area contributed by atoms with E-state index in [0.29, 0.717) is 18.4 Å². The second kappa shape index (κ2) is 19.9. The van der Waals surface area contributed by atoms with Crippen molar-refractivity contribution in [2.24, 2.45) is 5.92 Å². The first-order valence-electron chi connectivity index (χ1n) is 18.2. The van der Waals surface area contributed by atoms with Crippen LogP contribution in [0.4, 0.5) is 0 Å². The molecule has 2 fully saturated rings. The molecular weight excluding hydrogens is 676 g/mol. The molecule has 0 saturated carbocycles. The van der Waals surface area contributed by atoms with Gasteiger partial charge >= 0.3 is 5.97 Å². The van der Waals surface area contributed by atoms with Gasteiger partial charge in [-0.3, -0.25) is 0 Å². The summed E-state index contributed by atoms with van der Waals surface area (Å²) in [5, 5.41) is 64.1. The lowest BCUT2D eigenvalue weighted by Crippen LogP contribution is -2.63. The predicted molar refractivity (Wildman–Crippen MR) is 193 cm³/mol. The molecule has 0 aromatic rings. The van der Waals surface area contributed by atoms with Crippen molar-refractivity contribution >= 4 is 5.97 Å². The summed E-state index contributed by atoms with van der Waals surface area (Å²) in [7, 11) is 1.45. The lowest BCUT2D eigenvalue weighted by atomic mass is 9.88. The van der Waals surface area contributed by atoms with Gasteiger partial charge in [-0.05, 0) is 78.5 Å². The Kier molecular flexibility index (Phi) is 16.9. The molecule has 3 heterocycles. The molecule has 3 rings (SSSR count). The monoisotopic (exact) mass is 738 g/mol. The number of hydrogen-bond donors (Lipinski definition) is 6. The first kappa shape index (κ1) is 44.1. The van der Waals surface area contributed by atoms with E-state index in [4.69, 9.17) is 28.4 Å². The molecule has 13 nitrogen and oxygen atoms in total. The number of carbonyl (C=O) groups is 1. The van der Waals surface area contributed by atoms with Crippen LogP contribution in [0.2, 0.25) is 0 Å². The van der Waals surface area contributed by atoms with Crippen LogP contribution in [0.1, 0.15) is 81.1 Å². The molecular formula is C39H62O13. The van der Waals surface area contributed by atoms with Crippen LogP contribution in [-0.4, -0.2) is 130 Å². The number of allylic oxidation sites excluding steroid dienone is 4. The third kappa shape index (κ3) is 11.9. The van der Waals surface area contributed by atoms with Gasteiger partial charge < -0.3 is 59.1 Å². The van der Waals surface area contributed by atoms with Crippen LogP contribution in [-0.2, 0) is 33.2 Å². The van der Waals surface area contributed by atoms with Crippen LogP contribution in [0.25, 0.3) is 0 Å². The minimum absolute atomic E-state index is 0.131.